The summed E-state index contributed by atoms with van der Waals surface area (Å²) < 4.78 is 8.28. The molecule has 0 amide bonds. The summed E-state index contributed by atoms with van der Waals surface area (Å²) in [6.07, 6.45) is 3.72. The standard InChI is InChI=1S/C14H18BrN3O/c1-10(2)9-17-14-16-6-7-18(14)13-8-11(19-3)4-5-12(13)15/h4-8,10H,9H2,1-3H3,(H,16,17). The number of imidazole rings is 1. The maximum absolute atomic E-state index is 5.27. The van der Waals surface area contributed by atoms with Crippen molar-refractivity contribution < 1.29 is 4.74 Å². The van der Waals surface area contributed by atoms with Crippen LogP contribution in [-0.2, 0) is 0 Å². The van der Waals surface area contributed by atoms with Gasteiger partial charge >= 0.3 is 0 Å². The van der Waals surface area contributed by atoms with Gasteiger partial charge < -0.3 is 10.1 Å². The number of hydrogen-bond acceptors (Lipinski definition) is 3. The van der Waals surface area contributed by atoms with E-state index >= 15 is 0 Å². The van der Waals surface area contributed by atoms with E-state index < -0.39 is 0 Å². The molecule has 5 heteroatoms. The van der Waals surface area contributed by atoms with Crippen molar-refractivity contribution in [3.8, 4) is 11.4 Å². The molecule has 0 spiro atoms. The Hall–Kier alpha value is -1.49. The highest BCUT2D eigenvalue weighted by molar-refractivity contribution is 9.10. The minimum atomic E-state index is 0.568. The highest BCUT2D eigenvalue weighted by Crippen LogP contribution is 2.28. The van der Waals surface area contributed by atoms with Crippen LogP contribution in [0.5, 0.6) is 5.75 Å². The molecule has 19 heavy (non-hydrogen) atoms. The minimum Gasteiger partial charge on any atom is -0.497 e. The summed E-state index contributed by atoms with van der Waals surface area (Å²) in [6.45, 7) is 5.22. The van der Waals surface area contributed by atoms with Gasteiger partial charge in [0.1, 0.15) is 5.75 Å². The van der Waals surface area contributed by atoms with Crippen LogP contribution in [0.2, 0.25) is 0 Å². The lowest BCUT2D eigenvalue weighted by atomic mass is 10.2. The summed E-state index contributed by atoms with van der Waals surface area (Å²) in [5, 5.41) is 3.35. The van der Waals surface area contributed by atoms with Gasteiger partial charge in [-0.05, 0) is 34.0 Å². The molecule has 4 nitrogen and oxygen atoms in total. The molecule has 0 bridgehead atoms. The Morgan fingerprint density at radius 1 is 1.42 bits per heavy atom. The summed E-state index contributed by atoms with van der Waals surface area (Å²) in [5.74, 6) is 2.23. The molecule has 1 heterocycles. The highest BCUT2D eigenvalue weighted by atomic mass is 79.9. The number of nitrogens with one attached hydrogen (secondary N) is 1. The Kier molecular flexibility index (Phi) is 4.47. The second kappa shape index (κ2) is 6.10. The zero-order chi connectivity index (χ0) is 13.8. The van der Waals surface area contributed by atoms with Crippen LogP contribution in [-0.4, -0.2) is 23.2 Å². The van der Waals surface area contributed by atoms with E-state index in [9.17, 15) is 0 Å². The Bertz CT molecular complexity index is 551. The first kappa shape index (κ1) is 13.9. The van der Waals surface area contributed by atoms with E-state index in [4.69, 9.17) is 4.74 Å². The number of rotatable bonds is 5. The van der Waals surface area contributed by atoms with Crippen LogP contribution in [0.15, 0.2) is 35.1 Å². The molecule has 0 aliphatic heterocycles. The molecular weight excluding hydrogens is 306 g/mol. The third-order valence-electron chi connectivity index (χ3n) is 2.72. The molecule has 0 saturated heterocycles. The van der Waals surface area contributed by atoms with E-state index in [1.54, 1.807) is 13.3 Å². The first-order chi connectivity index (χ1) is 9.11. The number of hydrogen-bond donors (Lipinski definition) is 1. The molecule has 0 fully saturated rings. The zero-order valence-electron chi connectivity index (χ0n) is 11.4. The van der Waals surface area contributed by atoms with Crippen molar-refractivity contribution in [1.82, 2.24) is 9.55 Å². The lowest BCUT2D eigenvalue weighted by molar-refractivity contribution is 0.414. The third-order valence-corrected chi connectivity index (χ3v) is 3.39. The SMILES string of the molecule is COc1ccc(Br)c(-n2ccnc2NCC(C)C)c1. The Morgan fingerprint density at radius 3 is 2.89 bits per heavy atom. The van der Waals surface area contributed by atoms with Crippen molar-refractivity contribution in [2.75, 3.05) is 19.0 Å². The van der Waals surface area contributed by atoms with Crippen LogP contribution in [0.3, 0.4) is 0 Å². The van der Waals surface area contributed by atoms with Crippen LogP contribution < -0.4 is 10.1 Å². The van der Waals surface area contributed by atoms with Crippen LogP contribution in [0.1, 0.15) is 13.8 Å². The highest BCUT2D eigenvalue weighted by Gasteiger charge is 2.09. The topological polar surface area (TPSA) is 39.1 Å². The summed E-state index contributed by atoms with van der Waals surface area (Å²) in [5.41, 5.74) is 1.00. The number of nitrogens with zero attached hydrogens (tertiary/aromatic N) is 2. The summed E-state index contributed by atoms with van der Waals surface area (Å²) in [6, 6.07) is 5.87. The van der Waals surface area contributed by atoms with Crippen LogP contribution in [0.4, 0.5) is 5.95 Å². The Labute approximate surface area is 121 Å². The third kappa shape index (κ3) is 3.29. The molecule has 0 atom stereocenters. The van der Waals surface area contributed by atoms with Gasteiger partial charge in [-0.3, -0.25) is 4.57 Å². The van der Waals surface area contributed by atoms with Crippen molar-refractivity contribution in [2.24, 2.45) is 5.92 Å². The molecule has 1 aromatic heterocycles. The fourth-order valence-corrected chi connectivity index (χ4v) is 2.17. The van der Waals surface area contributed by atoms with Gasteiger partial charge in [0.2, 0.25) is 5.95 Å². The first-order valence-electron chi connectivity index (χ1n) is 6.23. The molecule has 0 aliphatic carbocycles. The first-order valence-corrected chi connectivity index (χ1v) is 7.02. The molecular formula is C14H18BrN3O. The average Bonchev–Trinajstić information content (AvgIpc) is 2.85. The van der Waals surface area contributed by atoms with Gasteiger partial charge in [-0.15, -0.1) is 0 Å². The monoisotopic (exact) mass is 323 g/mol. The Morgan fingerprint density at radius 2 is 2.21 bits per heavy atom. The van der Waals surface area contributed by atoms with Gasteiger partial charge in [-0.25, -0.2) is 4.98 Å². The molecule has 0 unspecified atom stereocenters. The largest absolute Gasteiger partial charge is 0.497 e. The van der Waals surface area contributed by atoms with E-state index in [1.807, 2.05) is 29.0 Å². The fourth-order valence-electron chi connectivity index (χ4n) is 1.73. The van der Waals surface area contributed by atoms with Crippen molar-refractivity contribution in [3.63, 3.8) is 0 Å². The summed E-state index contributed by atoms with van der Waals surface area (Å²) in [7, 11) is 1.67. The molecule has 2 aromatic rings. The van der Waals surface area contributed by atoms with Crippen molar-refractivity contribution in [1.29, 1.82) is 0 Å². The average molecular weight is 324 g/mol. The Balaban J connectivity index is 2.33. The normalized spacial score (nSPS) is 10.8. The molecule has 1 N–H and O–H groups in total. The lowest BCUT2D eigenvalue weighted by Crippen LogP contribution is -2.12. The van der Waals surface area contributed by atoms with Crippen molar-refractivity contribution in [3.05, 3.63) is 35.1 Å². The number of benzene rings is 1. The lowest BCUT2D eigenvalue weighted by Gasteiger charge is -2.13. The maximum Gasteiger partial charge on any atom is 0.207 e. The van der Waals surface area contributed by atoms with Gasteiger partial charge in [0.05, 0.1) is 12.8 Å². The van der Waals surface area contributed by atoms with Crippen LogP contribution >= 0.6 is 15.9 Å². The van der Waals surface area contributed by atoms with Gasteiger partial charge in [-0.2, -0.15) is 0 Å². The molecule has 2 rings (SSSR count). The number of halogens is 1. The zero-order valence-corrected chi connectivity index (χ0v) is 12.9. The smallest absolute Gasteiger partial charge is 0.207 e. The van der Waals surface area contributed by atoms with Crippen molar-refractivity contribution in [2.45, 2.75) is 13.8 Å². The second-order valence-corrected chi connectivity index (χ2v) is 5.57. The molecule has 0 saturated carbocycles. The number of methoxy groups -OCH3 is 1. The van der Waals surface area contributed by atoms with E-state index in [-0.39, 0.29) is 0 Å². The van der Waals surface area contributed by atoms with Crippen molar-refractivity contribution >= 4 is 21.9 Å². The number of aromatic nitrogens is 2. The minimum absolute atomic E-state index is 0.568. The fraction of sp³-hybridized carbons (Fsp3) is 0.357. The quantitative estimate of drug-likeness (QED) is 0.911. The van der Waals surface area contributed by atoms with Gasteiger partial charge in [0.25, 0.3) is 0 Å². The molecule has 0 aliphatic rings. The summed E-state index contributed by atoms with van der Waals surface area (Å²) >= 11 is 3.56. The van der Waals surface area contributed by atoms with E-state index in [2.05, 4.69) is 40.1 Å². The summed E-state index contributed by atoms with van der Waals surface area (Å²) in [4.78, 5) is 4.35. The van der Waals surface area contributed by atoms with E-state index in [0.717, 1.165) is 28.4 Å². The number of ether oxygens (including phenoxy) is 1. The van der Waals surface area contributed by atoms with E-state index in [0.29, 0.717) is 5.92 Å². The molecule has 0 radical (unpaired) electrons. The predicted octanol–water partition coefficient (Wildman–Crippen LogP) is 3.71. The van der Waals surface area contributed by atoms with Gasteiger partial charge in [0.15, 0.2) is 0 Å². The second-order valence-electron chi connectivity index (χ2n) is 4.71. The molecule has 1 aromatic carbocycles. The predicted molar refractivity (Wildman–Crippen MR) is 81.1 cm³/mol. The van der Waals surface area contributed by atoms with Gasteiger partial charge in [0, 0.05) is 29.5 Å². The maximum atomic E-state index is 5.27. The number of anilines is 1. The van der Waals surface area contributed by atoms with Crippen LogP contribution in [0.25, 0.3) is 5.69 Å². The molecule has 102 valence electrons. The van der Waals surface area contributed by atoms with E-state index in [1.165, 1.54) is 0 Å². The van der Waals surface area contributed by atoms with Crippen LogP contribution in [0, 0.1) is 5.92 Å². The van der Waals surface area contributed by atoms with Gasteiger partial charge in [-0.1, -0.05) is 13.8 Å².